The summed E-state index contributed by atoms with van der Waals surface area (Å²) in [5.74, 6) is 1.000. The van der Waals surface area contributed by atoms with E-state index in [0.29, 0.717) is 16.6 Å². The van der Waals surface area contributed by atoms with Crippen LogP contribution < -0.4 is 15.5 Å². The number of amides is 1. The maximum atomic E-state index is 10.9. The van der Waals surface area contributed by atoms with Crippen molar-refractivity contribution in [3.63, 3.8) is 0 Å². The largest absolute Gasteiger partial charge is 0.496 e. The lowest BCUT2D eigenvalue weighted by Crippen LogP contribution is -2.42. The van der Waals surface area contributed by atoms with Gasteiger partial charge in [0.1, 0.15) is 5.75 Å². The molecule has 1 heterocycles. The zero-order valence-electron chi connectivity index (χ0n) is 8.58. The lowest BCUT2D eigenvalue weighted by molar-refractivity contribution is -0.120. The molecule has 0 aliphatic carbocycles. The van der Waals surface area contributed by atoms with Crippen LogP contribution in [-0.4, -0.2) is 25.4 Å². The summed E-state index contributed by atoms with van der Waals surface area (Å²) in [7, 11) is 1.55. The van der Waals surface area contributed by atoms with Crippen LogP contribution in [0.25, 0.3) is 0 Å². The van der Waals surface area contributed by atoms with Crippen molar-refractivity contribution < 1.29 is 9.53 Å². The SMILES string of the molecule is COc1cc(Cl)ccc1C1=NNC(=O)CN1. The molecule has 0 unspecified atom stereocenters. The molecule has 1 aliphatic rings. The van der Waals surface area contributed by atoms with E-state index in [9.17, 15) is 4.79 Å². The standard InChI is InChI=1S/C10H10ClN3O2/c1-16-8-4-6(11)2-3-7(8)10-12-5-9(15)13-14-10/h2-4H,5H2,1H3,(H,12,14)(H,13,15). The summed E-state index contributed by atoms with van der Waals surface area (Å²) in [6.45, 7) is 0.199. The van der Waals surface area contributed by atoms with E-state index in [0.717, 1.165) is 5.56 Å². The molecule has 0 fully saturated rings. The number of methoxy groups -OCH3 is 1. The first-order chi connectivity index (χ1) is 7.70. The Balaban J connectivity index is 2.36. The molecule has 0 atom stereocenters. The van der Waals surface area contributed by atoms with E-state index < -0.39 is 0 Å². The number of hydrogen-bond donors (Lipinski definition) is 2. The Hall–Kier alpha value is -1.75. The Morgan fingerprint density at radius 2 is 2.31 bits per heavy atom. The van der Waals surface area contributed by atoms with Gasteiger partial charge in [0.05, 0.1) is 19.2 Å². The molecule has 1 aromatic carbocycles. The molecule has 0 spiro atoms. The van der Waals surface area contributed by atoms with Gasteiger partial charge in [0.15, 0.2) is 5.84 Å². The summed E-state index contributed by atoms with van der Waals surface area (Å²) < 4.78 is 5.19. The normalized spacial score (nSPS) is 14.9. The third kappa shape index (κ3) is 2.09. The van der Waals surface area contributed by atoms with Crippen LogP contribution >= 0.6 is 11.6 Å². The molecule has 2 rings (SSSR count). The summed E-state index contributed by atoms with van der Waals surface area (Å²) in [4.78, 5) is 10.9. The lowest BCUT2D eigenvalue weighted by atomic mass is 10.1. The van der Waals surface area contributed by atoms with E-state index in [1.54, 1.807) is 25.3 Å². The predicted molar refractivity (Wildman–Crippen MR) is 60.7 cm³/mol. The minimum atomic E-state index is -0.170. The van der Waals surface area contributed by atoms with E-state index in [-0.39, 0.29) is 12.5 Å². The zero-order valence-corrected chi connectivity index (χ0v) is 9.34. The Morgan fingerprint density at radius 1 is 1.50 bits per heavy atom. The van der Waals surface area contributed by atoms with Crippen molar-refractivity contribution in [3.05, 3.63) is 28.8 Å². The van der Waals surface area contributed by atoms with Gasteiger partial charge in [0.2, 0.25) is 0 Å². The van der Waals surface area contributed by atoms with Crippen LogP contribution in [0.1, 0.15) is 5.56 Å². The number of benzene rings is 1. The molecule has 0 saturated carbocycles. The van der Waals surface area contributed by atoms with Crippen LogP contribution in [0, 0.1) is 0 Å². The Labute approximate surface area is 97.4 Å². The van der Waals surface area contributed by atoms with Gasteiger partial charge in [-0.25, -0.2) is 5.43 Å². The van der Waals surface area contributed by atoms with Crippen molar-refractivity contribution in [1.29, 1.82) is 0 Å². The van der Waals surface area contributed by atoms with Crippen molar-refractivity contribution in [2.24, 2.45) is 5.10 Å². The van der Waals surface area contributed by atoms with Gasteiger partial charge in [0.25, 0.3) is 5.91 Å². The van der Waals surface area contributed by atoms with Crippen LogP contribution in [0.15, 0.2) is 23.3 Å². The van der Waals surface area contributed by atoms with Crippen molar-refractivity contribution in [2.75, 3.05) is 13.7 Å². The maximum absolute atomic E-state index is 10.9. The molecule has 2 N–H and O–H groups in total. The molecular formula is C10H10ClN3O2. The molecule has 0 radical (unpaired) electrons. The summed E-state index contributed by atoms with van der Waals surface area (Å²) >= 11 is 5.85. The quantitative estimate of drug-likeness (QED) is 0.800. The Bertz CT molecular complexity index is 459. The molecule has 0 bridgehead atoms. The highest BCUT2D eigenvalue weighted by molar-refractivity contribution is 6.30. The summed E-state index contributed by atoms with van der Waals surface area (Å²) in [5.41, 5.74) is 3.15. The van der Waals surface area contributed by atoms with E-state index in [4.69, 9.17) is 16.3 Å². The van der Waals surface area contributed by atoms with Crippen molar-refractivity contribution in [1.82, 2.24) is 10.7 Å². The van der Waals surface area contributed by atoms with E-state index in [1.807, 2.05) is 0 Å². The number of carbonyl (C=O) groups is 1. The van der Waals surface area contributed by atoms with Crippen LogP contribution in [0.4, 0.5) is 0 Å². The average Bonchev–Trinajstić information content (AvgIpc) is 2.30. The first-order valence-corrected chi connectivity index (χ1v) is 5.03. The van der Waals surface area contributed by atoms with Crippen LogP contribution in [0.2, 0.25) is 5.02 Å². The van der Waals surface area contributed by atoms with Gasteiger partial charge in [0, 0.05) is 5.02 Å². The van der Waals surface area contributed by atoms with Crippen molar-refractivity contribution >= 4 is 23.3 Å². The highest BCUT2D eigenvalue weighted by atomic mass is 35.5. The zero-order chi connectivity index (χ0) is 11.5. The number of rotatable bonds is 2. The fourth-order valence-corrected chi connectivity index (χ4v) is 1.54. The number of amidine groups is 1. The summed E-state index contributed by atoms with van der Waals surface area (Å²) in [6, 6.07) is 5.21. The second-order valence-electron chi connectivity index (χ2n) is 3.19. The van der Waals surface area contributed by atoms with Crippen molar-refractivity contribution in [2.45, 2.75) is 0 Å². The van der Waals surface area contributed by atoms with Gasteiger partial charge in [-0.15, -0.1) is 0 Å². The first-order valence-electron chi connectivity index (χ1n) is 4.65. The molecule has 0 aromatic heterocycles. The molecule has 16 heavy (non-hydrogen) atoms. The van der Waals surface area contributed by atoms with E-state index >= 15 is 0 Å². The fraction of sp³-hybridized carbons (Fsp3) is 0.200. The van der Waals surface area contributed by atoms with Gasteiger partial charge in [-0.2, -0.15) is 5.10 Å². The number of hydrazone groups is 1. The van der Waals surface area contributed by atoms with Gasteiger partial charge in [-0.1, -0.05) is 11.6 Å². The van der Waals surface area contributed by atoms with Gasteiger partial charge in [-0.3, -0.25) is 4.79 Å². The molecule has 1 amide bonds. The van der Waals surface area contributed by atoms with Gasteiger partial charge < -0.3 is 10.1 Å². The lowest BCUT2D eigenvalue weighted by Gasteiger charge is -2.16. The predicted octanol–water partition coefficient (Wildman–Crippen LogP) is 0.730. The molecule has 84 valence electrons. The van der Waals surface area contributed by atoms with E-state index in [1.165, 1.54) is 0 Å². The molecule has 5 nitrogen and oxygen atoms in total. The Morgan fingerprint density at radius 3 is 2.94 bits per heavy atom. The third-order valence-corrected chi connectivity index (χ3v) is 2.36. The second-order valence-corrected chi connectivity index (χ2v) is 3.63. The van der Waals surface area contributed by atoms with Gasteiger partial charge in [-0.05, 0) is 18.2 Å². The highest BCUT2D eigenvalue weighted by Crippen LogP contribution is 2.23. The molecule has 0 saturated heterocycles. The maximum Gasteiger partial charge on any atom is 0.259 e. The Kier molecular flexibility index (Phi) is 2.96. The number of hydrogen-bond acceptors (Lipinski definition) is 4. The molecule has 1 aromatic rings. The summed E-state index contributed by atoms with van der Waals surface area (Å²) in [5, 5.41) is 7.38. The van der Waals surface area contributed by atoms with Crippen LogP contribution in [-0.2, 0) is 4.79 Å². The number of halogens is 1. The highest BCUT2D eigenvalue weighted by Gasteiger charge is 2.15. The number of nitrogens with one attached hydrogen (secondary N) is 2. The molecule has 6 heteroatoms. The minimum absolute atomic E-state index is 0.170. The van der Waals surface area contributed by atoms with Crippen LogP contribution in [0.3, 0.4) is 0 Å². The van der Waals surface area contributed by atoms with Gasteiger partial charge >= 0.3 is 0 Å². The monoisotopic (exact) mass is 239 g/mol. The van der Waals surface area contributed by atoms with Crippen molar-refractivity contribution in [3.8, 4) is 5.75 Å². The minimum Gasteiger partial charge on any atom is -0.496 e. The molecular weight excluding hydrogens is 230 g/mol. The second kappa shape index (κ2) is 4.40. The number of carbonyl (C=O) groups excluding carboxylic acids is 1. The van der Waals surface area contributed by atoms with Crippen LogP contribution in [0.5, 0.6) is 5.75 Å². The smallest absolute Gasteiger partial charge is 0.259 e. The molecule has 1 aliphatic heterocycles. The average molecular weight is 240 g/mol. The van der Waals surface area contributed by atoms with E-state index in [2.05, 4.69) is 15.8 Å². The topological polar surface area (TPSA) is 62.7 Å². The third-order valence-electron chi connectivity index (χ3n) is 2.13. The fourth-order valence-electron chi connectivity index (χ4n) is 1.38. The number of nitrogens with zero attached hydrogens (tertiary/aromatic N) is 1. The first kappa shape index (κ1) is 10.8. The number of ether oxygens (including phenoxy) is 1. The summed E-state index contributed by atoms with van der Waals surface area (Å²) in [6.07, 6.45) is 0.